The van der Waals surface area contributed by atoms with Crippen molar-refractivity contribution >= 4 is 0 Å². The second kappa shape index (κ2) is 6.88. The van der Waals surface area contributed by atoms with Crippen LogP contribution < -0.4 is 5.32 Å². The van der Waals surface area contributed by atoms with Gasteiger partial charge in [-0.2, -0.15) is 5.26 Å². The van der Waals surface area contributed by atoms with Crippen molar-refractivity contribution in [3.8, 4) is 6.07 Å². The van der Waals surface area contributed by atoms with Crippen molar-refractivity contribution in [2.45, 2.75) is 39.3 Å². The molecule has 0 radical (unpaired) electrons. The number of hydrogen-bond donors (Lipinski definition) is 1. The number of rotatable bonds is 6. The fraction of sp³-hybridized carbons (Fsp3) is 0.900. The zero-order valence-corrected chi connectivity index (χ0v) is 9.00. The van der Waals surface area contributed by atoms with Crippen LogP contribution >= 0.6 is 0 Å². The lowest BCUT2D eigenvalue weighted by molar-refractivity contribution is 0.142. The molecule has 0 bridgehead atoms. The highest BCUT2D eigenvalue weighted by molar-refractivity contribution is 4.81. The summed E-state index contributed by atoms with van der Waals surface area (Å²) in [6.07, 6.45) is 0.549. The van der Waals surface area contributed by atoms with Crippen LogP contribution in [0.25, 0.3) is 0 Å². The van der Waals surface area contributed by atoms with Crippen LogP contribution in [-0.2, 0) is 4.74 Å². The third kappa shape index (κ3) is 5.62. The Kier molecular flexibility index (Phi) is 6.56. The first-order valence-electron chi connectivity index (χ1n) is 4.73. The molecule has 0 aromatic heterocycles. The van der Waals surface area contributed by atoms with E-state index >= 15 is 0 Å². The fourth-order valence-electron chi connectivity index (χ4n) is 1.17. The molecular weight excluding hydrogens is 164 g/mol. The number of ether oxygens (including phenoxy) is 1. The molecule has 0 saturated heterocycles. The summed E-state index contributed by atoms with van der Waals surface area (Å²) in [6, 6.07) is 2.73. The lowest BCUT2D eigenvalue weighted by Gasteiger charge is -2.24. The molecule has 1 N–H and O–H groups in total. The van der Waals surface area contributed by atoms with Gasteiger partial charge in [0.15, 0.2) is 0 Å². The molecule has 0 aliphatic rings. The average Bonchev–Trinajstić information content (AvgIpc) is 2.04. The van der Waals surface area contributed by atoms with Gasteiger partial charge >= 0.3 is 0 Å². The quantitative estimate of drug-likeness (QED) is 0.681. The lowest BCUT2D eigenvalue weighted by Crippen LogP contribution is -2.42. The predicted octanol–water partition coefficient (Wildman–Crippen LogP) is 1.55. The molecule has 2 atom stereocenters. The maximum atomic E-state index is 8.50. The number of methoxy groups -OCH3 is 1. The van der Waals surface area contributed by atoms with Crippen LogP contribution in [0.1, 0.15) is 27.2 Å². The van der Waals surface area contributed by atoms with Gasteiger partial charge in [0.25, 0.3) is 0 Å². The molecule has 3 heteroatoms. The number of nitrogens with one attached hydrogen (secondary N) is 1. The summed E-state index contributed by atoms with van der Waals surface area (Å²) in [4.78, 5) is 0. The summed E-state index contributed by atoms with van der Waals surface area (Å²) in [5.41, 5.74) is 0. The maximum Gasteiger partial charge on any atom is 0.0638 e. The first-order valence-corrected chi connectivity index (χ1v) is 4.73. The van der Waals surface area contributed by atoms with Crippen LogP contribution in [0.5, 0.6) is 0 Å². The molecule has 0 saturated carbocycles. The maximum absolute atomic E-state index is 8.50. The van der Waals surface area contributed by atoms with Crippen LogP contribution in [0.15, 0.2) is 0 Å². The van der Waals surface area contributed by atoms with Gasteiger partial charge in [-0.3, -0.25) is 0 Å². The standard InChI is InChI=1S/C10H20N2O/c1-8(2)10(7-13-4)12-9(3)5-6-11/h8-10,12H,5,7H2,1-4H3. The molecule has 0 aliphatic heterocycles. The van der Waals surface area contributed by atoms with Crippen LogP contribution in [0.4, 0.5) is 0 Å². The molecule has 0 spiro atoms. The molecule has 76 valence electrons. The molecule has 2 unspecified atom stereocenters. The van der Waals surface area contributed by atoms with Gasteiger partial charge in [0.1, 0.15) is 0 Å². The normalized spacial score (nSPS) is 15.4. The van der Waals surface area contributed by atoms with E-state index in [-0.39, 0.29) is 6.04 Å². The van der Waals surface area contributed by atoms with Gasteiger partial charge in [0.2, 0.25) is 0 Å². The Balaban J connectivity index is 3.87. The highest BCUT2D eigenvalue weighted by Gasteiger charge is 2.14. The molecule has 3 nitrogen and oxygen atoms in total. The lowest BCUT2D eigenvalue weighted by atomic mass is 10.0. The second-order valence-corrected chi connectivity index (χ2v) is 3.74. The Morgan fingerprint density at radius 1 is 1.38 bits per heavy atom. The third-order valence-corrected chi connectivity index (χ3v) is 2.05. The van der Waals surface area contributed by atoms with Crippen molar-refractivity contribution < 1.29 is 4.74 Å². The minimum absolute atomic E-state index is 0.243. The Bertz CT molecular complexity index is 163. The van der Waals surface area contributed by atoms with Gasteiger partial charge in [-0.25, -0.2) is 0 Å². The van der Waals surface area contributed by atoms with Crippen molar-refractivity contribution in [1.29, 1.82) is 5.26 Å². The summed E-state index contributed by atoms with van der Waals surface area (Å²) in [6.45, 7) is 7.02. The van der Waals surface area contributed by atoms with E-state index in [2.05, 4.69) is 25.2 Å². The monoisotopic (exact) mass is 184 g/mol. The molecular formula is C10H20N2O. The van der Waals surface area contributed by atoms with Crippen molar-refractivity contribution in [2.24, 2.45) is 5.92 Å². The van der Waals surface area contributed by atoms with Gasteiger partial charge < -0.3 is 10.1 Å². The number of hydrogen-bond acceptors (Lipinski definition) is 3. The molecule has 0 amide bonds. The SMILES string of the molecule is COCC(NC(C)CC#N)C(C)C. The van der Waals surface area contributed by atoms with Crippen molar-refractivity contribution in [3.63, 3.8) is 0 Å². The van der Waals surface area contributed by atoms with Gasteiger partial charge in [-0.15, -0.1) is 0 Å². The third-order valence-electron chi connectivity index (χ3n) is 2.05. The Morgan fingerprint density at radius 3 is 2.38 bits per heavy atom. The zero-order chi connectivity index (χ0) is 10.3. The van der Waals surface area contributed by atoms with Gasteiger partial charge in [0.05, 0.1) is 19.1 Å². The Hall–Kier alpha value is -0.590. The van der Waals surface area contributed by atoms with Crippen LogP contribution in [0, 0.1) is 17.2 Å². The van der Waals surface area contributed by atoms with Crippen molar-refractivity contribution in [2.75, 3.05) is 13.7 Å². The summed E-state index contributed by atoms with van der Waals surface area (Å²) in [5, 5.41) is 11.9. The average molecular weight is 184 g/mol. The molecule has 0 fully saturated rings. The fourth-order valence-corrected chi connectivity index (χ4v) is 1.17. The molecule has 0 aromatic carbocycles. The smallest absolute Gasteiger partial charge is 0.0638 e. The number of nitriles is 1. The van der Waals surface area contributed by atoms with Crippen molar-refractivity contribution in [1.82, 2.24) is 5.32 Å². The molecule has 13 heavy (non-hydrogen) atoms. The van der Waals surface area contributed by atoms with E-state index in [1.165, 1.54) is 0 Å². The van der Waals surface area contributed by atoms with Crippen LogP contribution in [-0.4, -0.2) is 25.8 Å². The van der Waals surface area contributed by atoms with E-state index in [0.717, 1.165) is 0 Å². The minimum Gasteiger partial charge on any atom is -0.383 e. The van der Waals surface area contributed by atoms with Gasteiger partial charge in [0, 0.05) is 19.2 Å². The molecule has 0 heterocycles. The molecule has 0 aliphatic carbocycles. The van der Waals surface area contributed by atoms with E-state index in [4.69, 9.17) is 10.00 Å². The van der Waals surface area contributed by atoms with Crippen LogP contribution in [0.2, 0.25) is 0 Å². The highest BCUT2D eigenvalue weighted by atomic mass is 16.5. The van der Waals surface area contributed by atoms with E-state index < -0.39 is 0 Å². The second-order valence-electron chi connectivity index (χ2n) is 3.74. The van der Waals surface area contributed by atoms with E-state index in [1.807, 2.05) is 6.92 Å². The summed E-state index contributed by atoms with van der Waals surface area (Å²) >= 11 is 0. The van der Waals surface area contributed by atoms with E-state index in [9.17, 15) is 0 Å². The van der Waals surface area contributed by atoms with Crippen molar-refractivity contribution in [3.05, 3.63) is 0 Å². The molecule has 0 rings (SSSR count). The summed E-state index contributed by atoms with van der Waals surface area (Å²) in [5.74, 6) is 0.529. The summed E-state index contributed by atoms with van der Waals surface area (Å²) in [7, 11) is 1.70. The minimum atomic E-state index is 0.243. The number of nitrogens with zero attached hydrogens (tertiary/aromatic N) is 1. The van der Waals surface area contributed by atoms with Crippen LogP contribution in [0.3, 0.4) is 0 Å². The Morgan fingerprint density at radius 2 is 2.00 bits per heavy atom. The first-order chi connectivity index (χ1) is 6.11. The topological polar surface area (TPSA) is 45.0 Å². The van der Waals surface area contributed by atoms with E-state index in [0.29, 0.717) is 25.0 Å². The van der Waals surface area contributed by atoms with E-state index in [1.54, 1.807) is 7.11 Å². The highest BCUT2D eigenvalue weighted by Crippen LogP contribution is 2.04. The van der Waals surface area contributed by atoms with Gasteiger partial charge in [-0.05, 0) is 12.8 Å². The summed E-state index contributed by atoms with van der Waals surface area (Å²) < 4.78 is 5.10. The zero-order valence-electron chi connectivity index (χ0n) is 9.00. The Labute approximate surface area is 81.1 Å². The van der Waals surface area contributed by atoms with Gasteiger partial charge in [-0.1, -0.05) is 13.8 Å². The predicted molar refractivity (Wildman–Crippen MR) is 53.3 cm³/mol. The molecule has 0 aromatic rings. The largest absolute Gasteiger partial charge is 0.383 e. The first kappa shape index (κ1) is 12.4.